The van der Waals surface area contributed by atoms with Crippen LogP contribution in [0.2, 0.25) is 0 Å². The van der Waals surface area contributed by atoms with Crippen molar-refractivity contribution in [3.8, 4) is 11.5 Å². The Bertz CT molecular complexity index is 696. The van der Waals surface area contributed by atoms with Gasteiger partial charge in [-0.05, 0) is 60.7 Å². The van der Waals surface area contributed by atoms with E-state index in [-0.39, 0.29) is 6.10 Å². The van der Waals surface area contributed by atoms with Crippen LogP contribution < -0.4 is 14.8 Å². The molecule has 2 aromatic carbocycles. The zero-order valence-electron chi connectivity index (χ0n) is 12.3. The van der Waals surface area contributed by atoms with Crippen LogP contribution in [0.15, 0.2) is 36.4 Å². The summed E-state index contributed by atoms with van der Waals surface area (Å²) in [6, 6.07) is 13.0. The first-order valence-corrected chi connectivity index (χ1v) is 7.45. The molecule has 0 fully saturated rings. The molecule has 0 spiro atoms. The Labute approximate surface area is 124 Å². The second-order valence-electron chi connectivity index (χ2n) is 5.89. The van der Waals surface area contributed by atoms with Crippen LogP contribution in [-0.4, -0.2) is 13.2 Å². The number of fused-ring (bicyclic) bond motifs is 4. The number of ether oxygens (including phenoxy) is 2. The zero-order valence-corrected chi connectivity index (χ0v) is 12.3. The summed E-state index contributed by atoms with van der Waals surface area (Å²) in [5, 5.41) is 3.64. The molecule has 1 N–H and O–H groups in total. The molecule has 1 aliphatic heterocycles. The topological polar surface area (TPSA) is 30.5 Å². The second kappa shape index (κ2) is 4.69. The lowest BCUT2D eigenvalue weighted by molar-refractivity contribution is 0.157. The average molecular weight is 281 g/mol. The third-order valence-corrected chi connectivity index (χ3v) is 4.48. The van der Waals surface area contributed by atoms with Gasteiger partial charge in [-0.25, -0.2) is 0 Å². The summed E-state index contributed by atoms with van der Waals surface area (Å²) in [4.78, 5) is 0. The summed E-state index contributed by atoms with van der Waals surface area (Å²) in [6.45, 7) is 2.09. The predicted octanol–water partition coefficient (Wildman–Crippen LogP) is 3.86. The molecule has 0 radical (unpaired) electrons. The van der Waals surface area contributed by atoms with Crippen LogP contribution in [0, 0.1) is 6.92 Å². The van der Waals surface area contributed by atoms with E-state index in [1.165, 1.54) is 16.7 Å². The van der Waals surface area contributed by atoms with Crippen LogP contribution >= 0.6 is 0 Å². The van der Waals surface area contributed by atoms with E-state index in [0.717, 1.165) is 30.0 Å². The monoisotopic (exact) mass is 281 g/mol. The van der Waals surface area contributed by atoms with Crippen LogP contribution in [0.25, 0.3) is 0 Å². The maximum atomic E-state index is 6.31. The van der Waals surface area contributed by atoms with Gasteiger partial charge in [0.25, 0.3) is 0 Å². The Morgan fingerprint density at radius 2 is 2.10 bits per heavy atom. The first kappa shape index (κ1) is 12.6. The minimum Gasteiger partial charge on any atom is -0.497 e. The number of rotatable bonds is 1. The van der Waals surface area contributed by atoms with E-state index in [0.29, 0.717) is 6.04 Å². The third kappa shape index (κ3) is 2.04. The molecular formula is C18H19NO2. The average Bonchev–Trinajstić information content (AvgIpc) is 2.52. The van der Waals surface area contributed by atoms with Crippen LogP contribution in [0.5, 0.6) is 11.5 Å². The predicted molar refractivity (Wildman–Crippen MR) is 83.3 cm³/mol. The molecule has 2 unspecified atom stereocenters. The van der Waals surface area contributed by atoms with Crippen molar-refractivity contribution in [2.24, 2.45) is 0 Å². The molecule has 2 aliphatic rings. The molecule has 0 aromatic heterocycles. The van der Waals surface area contributed by atoms with Gasteiger partial charge in [0.1, 0.15) is 17.6 Å². The van der Waals surface area contributed by atoms with Crippen molar-refractivity contribution in [2.45, 2.75) is 31.9 Å². The molecule has 1 aliphatic carbocycles. The Hall–Kier alpha value is -2.16. The summed E-state index contributed by atoms with van der Waals surface area (Å²) < 4.78 is 11.6. The lowest BCUT2D eigenvalue weighted by atomic mass is 9.84. The Balaban J connectivity index is 1.74. The maximum Gasteiger partial charge on any atom is 0.144 e. The van der Waals surface area contributed by atoms with Crippen LogP contribution in [0.1, 0.15) is 29.2 Å². The normalized spacial score (nSPS) is 22.2. The molecule has 108 valence electrons. The lowest BCUT2D eigenvalue weighted by Crippen LogP contribution is -2.38. The summed E-state index contributed by atoms with van der Waals surface area (Å²) >= 11 is 0. The molecule has 3 nitrogen and oxygen atoms in total. The molecule has 21 heavy (non-hydrogen) atoms. The van der Waals surface area contributed by atoms with Crippen molar-refractivity contribution in [3.63, 3.8) is 0 Å². The minimum absolute atomic E-state index is 0.0916. The molecule has 0 bridgehead atoms. The Morgan fingerprint density at radius 3 is 2.95 bits per heavy atom. The molecule has 4 rings (SSSR count). The highest BCUT2D eigenvalue weighted by atomic mass is 16.5. The first-order valence-electron chi connectivity index (χ1n) is 7.45. The van der Waals surface area contributed by atoms with Gasteiger partial charge in [-0.1, -0.05) is 12.1 Å². The quantitative estimate of drug-likeness (QED) is 0.861. The van der Waals surface area contributed by atoms with Gasteiger partial charge in [0.05, 0.1) is 18.8 Å². The van der Waals surface area contributed by atoms with E-state index in [4.69, 9.17) is 9.47 Å². The van der Waals surface area contributed by atoms with Crippen molar-refractivity contribution >= 4 is 5.69 Å². The van der Waals surface area contributed by atoms with Crippen molar-refractivity contribution in [3.05, 3.63) is 53.1 Å². The van der Waals surface area contributed by atoms with E-state index < -0.39 is 0 Å². The number of hydrogen-bond acceptors (Lipinski definition) is 3. The van der Waals surface area contributed by atoms with Gasteiger partial charge in [0.15, 0.2) is 0 Å². The van der Waals surface area contributed by atoms with E-state index >= 15 is 0 Å². The van der Waals surface area contributed by atoms with Crippen LogP contribution in [0.4, 0.5) is 5.69 Å². The molecular weight excluding hydrogens is 262 g/mol. The summed E-state index contributed by atoms with van der Waals surface area (Å²) in [5.74, 6) is 1.88. The van der Waals surface area contributed by atoms with Gasteiger partial charge in [-0.2, -0.15) is 0 Å². The highest BCUT2D eigenvalue weighted by Gasteiger charge is 2.35. The Kier molecular flexibility index (Phi) is 2.81. The van der Waals surface area contributed by atoms with E-state index in [9.17, 15) is 0 Å². The number of nitrogens with one attached hydrogen (secondary N) is 1. The SMILES string of the molecule is COc1ccc2c(c1)CCC1Nc3ccc(C)cc3OC21. The summed E-state index contributed by atoms with van der Waals surface area (Å²) in [7, 11) is 1.71. The molecule has 2 aromatic rings. The number of anilines is 1. The molecule has 0 saturated heterocycles. The van der Waals surface area contributed by atoms with E-state index in [1.807, 2.05) is 6.07 Å². The lowest BCUT2D eigenvalue weighted by Gasteiger charge is -2.39. The fourth-order valence-electron chi connectivity index (χ4n) is 3.36. The van der Waals surface area contributed by atoms with Gasteiger partial charge in [-0.3, -0.25) is 0 Å². The first-order chi connectivity index (χ1) is 10.2. The highest BCUT2D eigenvalue weighted by molar-refractivity contribution is 5.61. The summed E-state index contributed by atoms with van der Waals surface area (Å²) in [5.41, 5.74) is 4.96. The van der Waals surface area contributed by atoms with Crippen molar-refractivity contribution in [1.82, 2.24) is 0 Å². The van der Waals surface area contributed by atoms with Crippen molar-refractivity contribution in [1.29, 1.82) is 0 Å². The zero-order chi connectivity index (χ0) is 14.4. The number of methoxy groups -OCH3 is 1. The van der Waals surface area contributed by atoms with Gasteiger partial charge >= 0.3 is 0 Å². The fourth-order valence-corrected chi connectivity index (χ4v) is 3.36. The number of aryl methyl sites for hydroxylation is 2. The van der Waals surface area contributed by atoms with Crippen LogP contribution in [0.3, 0.4) is 0 Å². The second-order valence-corrected chi connectivity index (χ2v) is 5.89. The van der Waals surface area contributed by atoms with Gasteiger partial charge in [0.2, 0.25) is 0 Å². The minimum atomic E-state index is 0.0916. The highest BCUT2D eigenvalue weighted by Crippen LogP contribution is 2.43. The van der Waals surface area contributed by atoms with Crippen LogP contribution in [-0.2, 0) is 6.42 Å². The number of benzene rings is 2. The fraction of sp³-hybridized carbons (Fsp3) is 0.333. The molecule has 1 heterocycles. The Morgan fingerprint density at radius 1 is 1.19 bits per heavy atom. The van der Waals surface area contributed by atoms with Crippen molar-refractivity contribution in [2.75, 3.05) is 12.4 Å². The smallest absolute Gasteiger partial charge is 0.144 e. The molecule has 0 amide bonds. The summed E-state index contributed by atoms with van der Waals surface area (Å²) in [6.07, 6.45) is 2.23. The molecule has 3 heteroatoms. The van der Waals surface area contributed by atoms with Gasteiger partial charge < -0.3 is 14.8 Å². The largest absolute Gasteiger partial charge is 0.497 e. The van der Waals surface area contributed by atoms with E-state index in [1.54, 1.807) is 7.11 Å². The third-order valence-electron chi connectivity index (χ3n) is 4.48. The van der Waals surface area contributed by atoms with Gasteiger partial charge in [-0.15, -0.1) is 0 Å². The standard InChI is InChI=1S/C18H19NO2/c1-11-3-7-15-17(9-11)21-18-14-6-5-13(20-2)10-12(14)4-8-16(18)19-15/h3,5-7,9-10,16,18-19H,4,8H2,1-2H3. The maximum absolute atomic E-state index is 6.31. The number of hydrogen-bond donors (Lipinski definition) is 1. The molecule has 0 saturated carbocycles. The van der Waals surface area contributed by atoms with Crippen molar-refractivity contribution < 1.29 is 9.47 Å². The van der Waals surface area contributed by atoms with Gasteiger partial charge in [0, 0.05) is 0 Å². The van der Waals surface area contributed by atoms with E-state index in [2.05, 4.69) is 42.6 Å². The molecule has 2 atom stereocenters.